The Morgan fingerprint density at radius 1 is 1.32 bits per heavy atom. The van der Waals surface area contributed by atoms with Crippen LogP contribution in [0.5, 0.6) is 0 Å². The zero-order valence-corrected chi connectivity index (χ0v) is 13.5. The number of sulfonamides is 1. The van der Waals surface area contributed by atoms with Gasteiger partial charge in [0.05, 0.1) is 6.20 Å². The van der Waals surface area contributed by atoms with Gasteiger partial charge in [0.15, 0.2) is 5.03 Å². The molecule has 1 aliphatic rings. The Kier molecular flexibility index (Phi) is 4.05. The van der Waals surface area contributed by atoms with Crippen molar-refractivity contribution in [2.75, 3.05) is 6.54 Å². The number of nitrogens with zero attached hydrogens (tertiary/aromatic N) is 4. The fraction of sp³-hybridized carbons (Fsp3) is 0.571. The molecule has 8 heteroatoms. The van der Waals surface area contributed by atoms with Gasteiger partial charge in [-0.15, -0.1) is 0 Å². The molecule has 0 radical (unpaired) electrons. The van der Waals surface area contributed by atoms with Crippen LogP contribution in [0.2, 0.25) is 0 Å². The van der Waals surface area contributed by atoms with Crippen molar-refractivity contribution >= 4 is 10.0 Å². The molecule has 0 unspecified atom stereocenters. The first-order valence-corrected chi connectivity index (χ1v) is 9.02. The van der Waals surface area contributed by atoms with Crippen molar-refractivity contribution in [2.45, 2.75) is 44.3 Å². The van der Waals surface area contributed by atoms with Gasteiger partial charge in [-0.05, 0) is 31.4 Å². The van der Waals surface area contributed by atoms with Gasteiger partial charge in [0.1, 0.15) is 0 Å². The largest absolute Gasteiger partial charge is 0.272 e. The Balaban J connectivity index is 1.66. The third kappa shape index (κ3) is 3.22. The van der Waals surface area contributed by atoms with Gasteiger partial charge < -0.3 is 0 Å². The van der Waals surface area contributed by atoms with Gasteiger partial charge in [0.2, 0.25) is 0 Å². The van der Waals surface area contributed by atoms with Crippen molar-refractivity contribution in [3.05, 3.63) is 30.7 Å². The molecule has 22 heavy (non-hydrogen) atoms. The number of aryl methyl sites for hydroxylation is 1. The molecular weight excluding hydrogens is 302 g/mol. The van der Waals surface area contributed by atoms with Crippen LogP contribution in [0, 0.1) is 5.41 Å². The molecule has 0 aliphatic heterocycles. The molecule has 1 fully saturated rings. The van der Waals surface area contributed by atoms with E-state index in [9.17, 15) is 8.42 Å². The number of hydrogen-bond acceptors (Lipinski definition) is 4. The maximum Gasteiger partial charge on any atom is 0.257 e. The van der Waals surface area contributed by atoms with E-state index in [4.69, 9.17) is 0 Å². The van der Waals surface area contributed by atoms with Crippen LogP contribution in [0.3, 0.4) is 0 Å². The Morgan fingerprint density at radius 2 is 2.14 bits per heavy atom. The normalized spacial score (nSPS) is 16.8. The van der Waals surface area contributed by atoms with Gasteiger partial charge in [-0.25, -0.2) is 13.1 Å². The first-order chi connectivity index (χ1) is 10.5. The van der Waals surface area contributed by atoms with E-state index >= 15 is 0 Å². The van der Waals surface area contributed by atoms with Crippen molar-refractivity contribution in [1.82, 2.24) is 24.3 Å². The van der Waals surface area contributed by atoms with Gasteiger partial charge in [0.25, 0.3) is 10.0 Å². The first kappa shape index (κ1) is 15.2. The molecule has 2 heterocycles. The van der Waals surface area contributed by atoms with E-state index in [1.807, 2.05) is 23.9 Å². The van der Waals surface area contributed by atoms with E-state index in [1.165, 1.54) is 10.9 Å². The van der Waals surface area contributed by atoms with Crippen molar-refractivity contribution in [1.29, 1.82) is 0 Å². The fourth-order valence-corrected chi connectivity index (χ4v) is 3.86. The average Bonchev–Trinajstić information content (AvgIpc) is 2.90. The Hall–Kier alpha value is -1.67. The molecular formula is C14H21N5O2S. The molecule has 1 saturated carbocycles. The molecule has 1 N–H and O–H groups in total. The molecule has 7 nitrogen and oxygen atoms in total. The van der Waals surface area contributed by atoms with Crippen molar-refractivity contribution in [3.63, 3.8) is 0 Å². The Labute approximate surface area is 130 Å². The summed E-state index contributed by atoms with van der Waals surface area (Å²) in [4.78, 5) is 0. The van der Waals surface area contributed by atoms with E-state index in [-0.39, 0.29) is 10.4 Å². The second-order valence-corrected chi connectivity index (χ2v) is 7.63. The minimum Gasteiger partial charge on any atom is -0.272 e. The molecule has 120 valence electrons. The first-order valence-electron chi connectivity index (χ1n) is 7.54. The summed E-state index contributed by atoms with van der Waals surface area (Å²) in [5, 5.41) is 8.52. The van der Waals surface area contributed by atoms with Crippen molar-refractivity contribution in [3.8, 4) is 0 Å². The number of aromatic nitrogens is 4. The average molecular weight is 323 g/mol. The Bertz CT molecular complexity index is 716. The van der Waals surface area contributed by atoms with Crippen LogP contribution in [0.25, 0.3) is 0 Å². The fourth-order valence-electron chi connectivity index (χ4n) is 2.56. The second kappa shape index (κ2) is 5.85. The lowest BCUT2D eigenvalue weighted by atomic mass is 10.1. The van der Waals surface area contributed by atoms with Crippen LogP contribution in [0.1, 0.15) is 26.2 Å². The summed E-state index contributed by atoms with van der Waals surface area (Å²) < 4.78 is 31.1. The topological polar surface area (TPSA) is 81.8 Å². The molecule has 0 bridgehead atoms. The molecule has 0 atom stereocenters. The summed E-state index contributed by atoms with van der Waals surface area (Å²) in [5.41, 5.74) is -0.00526. The SMILES string of the molecule is CCCn1nccc1S(=O)(=O)NCC1(Cn2cccn2)CC1. The van der Waals surface area contributed by atoms with Crippen molar-refractivity contribution < 1.29 is 8.42 Å². The maximum atomic E-state index is 12.5. The van der Waals surface area contributed by atoms with Crippen LogP contribution in [-0.2, 0) is 23.1 Å². The maximum absolute atomic E-state index is 12.5. The van der Waals surface area contributed by atoms with Crippen LogP contribution >= 0.6 is 0 Å². The van der Waals surface area contributed by atoms with Crippen molar-refractivity contribution in [2.24, 2.45) is 5.41 Å². The van der Waals surface area contributed by atoms with Crippen LogP contribution in [-0.4, -0.2) is 34.5 Å². The highest BCUT2D eigenvalue weighted by Crippen LogP contribution is 2.46. The third-order valence-electron chi connectivity index (χ3n) is 4.04. The standard InChI is InChI=1S/C14H21N5O2S/c1-2-9-19-13(4-8-16-19)22(20,21)17-11-14(5-6-14)12-18-10-3-7-15-18/h3-4,7-8,10,17H,2,5-6,9,11-12H2,1H3. The van der Waals surface area contributed by atoms with Gasteiger partial charge in [-0.1, -0.05) is 6.92 Å². The lowest BCUT2D eigenvalue weighted by molar-refractivity contribution is 0.392. The highest BCUT2D eigenvalue weighted by molar-refractivity contribution is 7.89. The van der Waals surface area contributed by atoms with E-state index < -0.39 is 10.0 Å². The Morgan fingerprint density at radius 3 is 2.77 bits per heavy atom. The summed E-state index contributed by atoms with van der Waals surface area (Å²) in [7, 11) is -3.52. The third-order valence-corrected chi connectivity index (χ3v) is 5.46. The number of rotatable bonds is 8. The molecule has 0 saturated heterocycles. The summed E-state index contributed by atoms with van der Waals surface area (Å²) in [6, 6.07) is 3.43. The predicted molar refractivity (Wildman–Crippen MR) is 81.6 cm³/mol. The van der Waals surface area contributed by atoms with E-state index in [0.29, 0.717) is 13.1 Å². The summed E-state index contributed by atoms with van der Waals surface area (Å²) in [5.74, 6) is 0. The summed E-state index contributed by atoms with van der Waals surface area (Å²) in [6.45, 7) is 3.78. The molecule has 2 aromatic rings. The van der Waals surface area contributed by atoms with Gasteiger partial charge >= 0.3 is 0 Å². The van der Waals surface area contributed by atoms with Gasteiger partial charge in [0, 0.05) is 37.4 Å². The van der Waals surface area contributed by atoms with Crippen LogP contribution in [0.4, 0.5) is 0 Å². The predicted octanol–water partition coefficient (Wildman–Crippen LogP) is 1.25. The van der Waals surface area contributed by atoms with E-state index in [1.54, 1.807) is 12.3 Å². The monoisotopic (exact) mass is 323 g/mol. The minimum absolute atomic E-state index is 0.00526. The zero-order valence-electron chi connectivity index (χ0n) is 12.6. The second-order valence-electron chi connectivity index (χ2n) is 5.92. The smallest absolute Gasteiger partial charge is 0.257 e. The molecule has 0 aromatic carbocycles. The number of nitrogens with one attached hydrogen (secondary N) is 1. The highest BCUT2D eigenvalue weighted by atomic mass is 32.2. The highest BCUT2D eigenvalue weighted by Gasteiger charge is 2.44. The van der Waals surface area contributed by atoms with E-state index in [2.05, 4.69) is 14.9 Å². The molecule has 1 aliphatic carbocycles. The number of hydrogen-bond donors (Lipinski definition) is 1. The lowest BCUT2D eigenvalue weighted by Gasteiger charge is -2.16. The lowest BCUT2D eigenvalue weighted by Crippen LogP contribution is -2.33. The molecule has 3 rings (SSSR count). The summed E-state index contributed by atoms with van der Waals surface area (Å²) in [6.07, 6.45) is 8.05. The van der Waals surface area contributed by atoms with Gasteiger partial charge in [-0.2, -0.15) is 10.2 Å². The zero-order chi connectivity index (χ0) is 15.6. The molecule has 2 aromatic heterocycles. The van der Waals surface area contributed by atoms with Crippen LogP contribution in [0.15, 0.2) is 35.7 Å². The molecule has 0 spiro atoms. The van der Waals surface area contributed by atoms with E-state index in [0.717, 1.165) is 25.8 Å². The minimum atomic E-state index is -3.52. The quantitative estimate of drug-likeness (QED) is 0.792. The molecule has 0 amide bonds. The van der Waals surface area contributed by atoms with Crippen LogP contribution < -0.4 is 4.72 Å². The van der Waals surface area contributed by atoms with Gasteiger partial charge in [-0.3, -0.25) is 9.36 Å². The summed E-state index contributed by atoms with van der Waals surface area (Å²) >= 11 is 0.